The standard InChI is InChI=1S/C11H19NO5/c1-10(2,3)17-9(15)12-6-16-11(4,5)7(12)8(13)14/h7H,6H2,1-5H3,(H,13,14)/t7-/m1/s1. The van der Waals surface area contributed by atoms with Crippen LogP contribution in [0.4, 0.5) is 4.79 Å². The number of hydrogen-bond acceptors (Lipinski definition) is 4. The van der Waals surface area contributed by atoms with Crippen LogP contribution in [0.3, 0.4) is 0 Å². The lowest BCUT2D eigenvalue weighted by Gasteiger charge is -2.28. The van der Waals surface area contributed by atoms with E-state index in [1.54, 1.807) is 34.6 Å². The van der Waals surface area contributed by atoms with E-state index in [4.69, 9.17) is 14.6 Å². The van der Waals surface area contributed by atoms with Crippen LogP contribution >= 0.6 is 0 Å². The van der Waals surface area contributed by atoms with E-state index in [0.29, 0.717) is 0 Å². The van der Waals surface area contributed by atoms with E-state index in [9.17, 15) is 9.59 Å². The molecule has 0 aromatic heterocycles. The average Bonchev–Trinajstić information content (AvgIpc) is 2.37. The van der Waals surface area contributed by atoms with Crippen molar-refractivity contribution in [3.63, 3.8) is 0 Å². The van der Waals surface area contributed by atoms with Crippen molar-refractivity contribution >= 4 is 12.1 Å². The SMILES string of the molecule is CC(C)(C)OC(=O)N1COC(C)(C)[C@H]1C(=O)O. The van der Waals surface area contributed by atoms with Gasteiger partial charge in [0.1, 0.15) is 12.3 Å². The molecule has 1 fully saturated rings. The number of amides is 1. The average molecular weight is 245 g/mol. The van der Waals surface area contributed by atoms with E-state index in [0.717, 1.165) is 4.90 Å². The summed E-state index contributed by atoms with van der Waals surface area (Å²) in [5, 5.41) is 9.14. The summed E-state index contributed by atoms with van der Waals surface area (Å²) in [5.41, 5.74) is -1.57. The minimum absolute atomic E-state index is 0.0706. The highest BCUT2D eigenvalue weighted by Gasteiger charge is 2.49. The third-order valence-corrected chi connectivity index (χ3v) is 2.41. The van der Waals surface area contributed by atoms with Crippen molar-refractivity contribution in [3.8, 4) is 0 Å². The lowest BCUT2D eigenvalue weighted by Crippen LogP contribution is -2.50. The van der Waals surface area contributed by atoms with Gasteiger partial charge in [0.05, 0.1) is 5.60 Å². The molecule has 0 aromatic carbocycles. The lowest BCUT2D eigenvalue weighted by atomic mass is 9.99. The highest BCUT2D eigenvalue weighted by atomic mass is 16.6. The number of aliphatic carboxylic acids is 1. The van der Waals surface area contributed by atoms with E-state index in [1.807, 2.05) is 0 Å². The van der Waals surface area contributed by atoms with E-state index < -0.39 is 29.3 Å². The molecule has 98 valence electrons. The molecule has 1 amide bonds. The Kier molecular flexibility index (Phi) is 3.38. The second-order valence-electron chi connectivity index (χ2n) is 5.57. The Bertz CT molecular complexity index is 331. The highest BCUT2D eigenvalue weighted by Crippen LogP contribution is 2.29. The Morgan fingerprint density at radius 3 is 2.35 bits per heavy atom. The molecule has 0 aliphatic carbocycles. The van der Waals surface area contributed by atoms with Crippen molar-refractivity contribution in [1.29, 1.82) is 0 Å². The zero-order valence-corrected chi connectivity index (χ0v) is 10.8. The molecule has 0 spiro atoms. The van der Waals surface area contributed by atoms with Crippen molar-refractivity contribution in [2.24, 2.45) is 0 Å². The zero-order valence-electron chi connectivity index (χ0n) is 10.8. The molecule has 0 aromatic rings. The molecule has 6 heteroatoms. The monoisotopic (exact) mass is 245 g/mol. The molecular formula is C11H19NO5. The summed E-state index contributed by atoms with van der Waals surface area (Å²) in [6.07, 6.45) is -0.671. The molecule has 0 unspecified atom stereocenters. The van der Waals surface area contributed by atoms with Crippen LogP contribution in [0, 0.1) is 0 Å². The topological polar surface area (TPSA) is 76.1 Å². The van der Waals surface area contributed by atoms with Gasteiger partial charge < -0.3 is 14.6 Å². The van der Waals surface area contributed by atoms with Crippen molar-refractivity contribution in [1.82, 2.24) is 4.90 Å². The molecule has 1 aliphatic rings. The molecule has 0 radical (unpaired) electrons. The van der Waals surface area contributed by atoms with E-state index in [1.165, 1.54) is 0 Å². The van der Waals surface area contributed by atoms with Gasteiger partial charge in [-0.1, -0.05) is 0 Å². The quantitative estimate of drug-likeness (QED) is 0.756. The fourth-order valence-electron chi connectivity index (χ4n) is 1.67. The summed E-state index contributed by atoms with van der Waals surface area (Å²) >= 11 is 0. The van der Waals surface area contributed by atoms with Crippen LogP contribution in [0.25, 0.3) is 0 Å². The molecule has 1 aliphatic heterocycles. The molecule has 1 N–H and O–H groups in total. The van der Waals surface area contributed by atoms with Crippen LogP contribution in [0.1, 0.15) is 34.6 Å². The fourth-order valence-corrected chi connectivity index (χ4v) is 1.67. The smallest absolute Gasteiger partial charge is 0.412 e. The van der Waals surface area contributed by atoms with E-state index in [-0.39, 0.29) is 6.73 Å². The second kappa shape index (κ2) is 4.18. The highest BCUT2D eigenvalue weighted by molar-refractivity contribution is 5.82. The maximum Gasteiger partial charge on any atom is 0.412 e. The van der Waals surface area contributed by atoms with Gasteiger partial charge in [-0.05, 0) is 34.6 Å². The Morgan fingerprint density at radius 1 is 1.41 bits per heavy atom. The van der Waals surface area contributed by atoms with Crippen molar-refractivity contribution in [3.05, 3.63) is 0 Å². The first-order chi connectivity index (χ1) is 7.54. The fraction of sp³-hybridized carbons (Fsp3) is 0.818. The van der Waals surface area contributed by atoms with Gasteiger partial charge in [0.25, 0.3) is 0 Å². The van der Waals surface area contributed by atoms with Crippen LogP contribution in [0.5, 0.6) is 0 Å². The van der Waals surface area contributed by atoms with Crippen molar-refractivity contribution in [2.45, 2.75) is 51.9 Å². The van der Waals surface area contributed by atoms with Crippen LogP contribution in [-0.4, -0.2) is 46.0 Å². The summed E-state index contributed by atoms with van der Waals surface area (Å²) in [5.74, 6) is -1.10. The number of carbonyl (C=O) groups excluding carboxylic acids is 1. The van der Waals surface area contributed by atoms with Gasteiger partial charge in [0.2, 0.25) is 0 Å². The second-order valence-corrected chi connectivity index (χ2v) is 5.57. The van der Waals surface area contributed by atoms with E-state index >= 15 is 0 Å². The number of carbonyl (C=O) groups is 2. The molecule has 17 heavy (non-hydrogen) atoms. The number of ether oxygens (including phenoxy) is 2. The summed E-state index contributed by atoms with van der Waals surface area (Å²) in [4.78, 5) is 24.1. The Labute approximate surface area is 100 Å². The Morgan fingerprint density at radius 2 is 1.94 bits per heavy atom. The summed E-state index contributed by atoms with van der Waals surface area (Å²) in [7, 11) is 0. The third kappa shape index (κ3) is 3.09. The predicted octanol–water partition coefficient (Wildman–Crippen LogP) is 1.44. The number of nitrogens with zero attached hydrogens (tertiary/aromatic N) is 1. The summed E-state index contributed by atoms with van der Waals surface area (Å²) in [6.45, 7) is 8.37. The van der Waals surface area contributed by atoms with Crippen molar-refractivity contribution in [2.75, 3.05) is 6.73 Å². The number of carboxylic acid groups (broad SMARTS) is 1. The van der Waals surface area contributed by atoms with Gasteiger partial charge in [-0.25, -0.2) is 9.59 Å². The van der Waals surface area contributed by atoms with Gasteiger partial charge in [0, 0.05) is 0 Å². The largest absolute Gasteiger partial charge is 0.480 e. The Hall–Kier alpha value is -1.30. The summed E-state index contributed by atoms with van der Waals surface area (Å²) < 4.78 is 10.4. The maximum absolute atomic E-state index is 11.8. The van der Waals surface area contributed by atoms with Crippen LogP contribution in [0.2, 0.25) is 0 Å². The van der Waals surface area contributed by atoms with Crippen molar-refractivity contribution < 1.29 is 24.2 Å². The normalized spacial score (nSPS) is 23.6. The van der Waals surface area contributed by atoms with Crippen LogP contribution in [-0.2, 0) is 14.3 Å². The third-order valence-electron chi connectivity index (χ3n) is 2.41. The molecule has 0 saturated carbocycles. The molecule has 1 atom stereocenters. The van der Waals surface area contributed by atoms with Gasteiger partial charge in [0.15, 0.2) is 6.04 Å². The number of carboxylic acids is 1. The van der Waals surface area contributed by atoms with Gasteiger partial charge >= 0.3 is 12.1 Å². The zero-order chi connectivity index (χ0) is 13.4. The minimum Gasteiger partial charge on any atom is -0.480 e. The maximum atomic E-state index is 11.8. The molecule has 0 bridgehead atoms. The van der Waals surface area contributed by atoms with Crippen LogP contribution in [0.15, 0.2) is 0 Å². The minimum atomic E-state index is -1.10. The first kappa shape index (κ1) is 13.8. The first-order valence-electron chi connectivity index (χ1n) is 5.41. The van der Waals surface area contributed by atoms with Gasteiger partial charge in [-0.3, -0.25) is 4.90 Å². The molecule has 1 heterocycles. The van der Waals surface area contributed by atoms with Gasteiger partial charge in [-0.2, -0.15) is 0 Å². The lowest BCUT2D eigenvalue weighted by molar-refractivity contribution is -0.144. The van der Waals surface area contributed by atoms with Crippen LogP contribution < -0.4 is 0 Å². The molecule has 1 rings (SSSR count). The molecule has 6 nitrogen and oxygen atoms in total. The van der Waals surface area contributed by atoms with Gasteiger partial charge in [-0.15, -0.1) is 0 Å². The molecular weight excluding hydrogens is 226 g/mol. The Balaban J connectivity index is 2.85. The molecule has 1 saturated heterocycles. The number of hydrogen-bond donors (Lipinski definition) is 1. The predicted molar refractivity (Wildman–Crippen MR) is 59.5 cm³/mol. The van der Waals surface area contributed by atoms with E-state index in [2.05, 4.69) is 0 Å². The number of rotatable bonds is 1. The summed E-state index contributed by atoms with van der Waals surface area (Å²) in [6, 6.07) is -1.03. The first-order valence-corrected chi connectivity index (χ1v) is 5.41.